The molecule has 0 radical (unpaired) electrons. The third-order valence-corrected chi connectivity index (χ3v) is 3.05. The summed E-state index contributed by atoms with van der Waals surface area (Å²) in [5, 5.41) is 23.9. The van der Waals surface area contributed by atoms with Gasteiger partial charge in [0, 0.05) is 18.0 Å². The Bertz CT molecular complexity index is 806. The van der Waals surface area contributed by atoms with Crippen LogP contribution < -0.4 is 16.4 Å². The summed E-state index contributed by atoms with van der Waals surface area (Å²) in [6.45, 7) is 1.91. The molecule has 0 saturated heterocycles. The highest BCUT2D eigenvalue weighted by atomic mass is 16.3. The molecular weight excluding hydrogens is 292 g/mol. The van der Waals surface area contributed by atoms with Crippen molar-refractivity contribution in [3.63, 3.8) is 0 Å². The van der Waals surface area contributed by atoms with Gasteiger partial charge in [-0.2, -0.15) is 5.26 Å². The van der Waals surface area contributed by atoms with Crippen LogP contribution in [0.5, 0.6) is 5.75 Å². The quantitative estimate of drug-likeness (QED) is 0.394. The fourth-order valence-electron chi connectivity index (χ4n) is 1.88. The van der Waals surface area contributed by atoms with Crippen molar-refractivity contribution >= 4 is 23.0 Å². The number of hydrogen-bond acceptors (Lipinski definition) is 5. The molecule has 116 valence electrons. The largest absolute Gasteiger partial charge is 0.508 e. The van der Waals surface area contributed by atoms with Crippen molar-refractivity contribution in [2.24, 2.45) is 0 Å². The van der Waals surface area contributed by atoms with Gasteiger partial charge in [-0.25, -0.2) is 0 Å². The van der Waals surface area contributed by atoms with Crippen molar-refractivity contribution in [2.75, 3.05) is 16.4 Å². The molecule has 23 heavy (non-hydrogen) atoms. The molecule has 5 N–H and O–H groups in total. The molecule has 6 heteroatoms. The number of nitrogens with two attached hydrogens (primary N) is 1. The summed E-state index contributed by atoms with van der Waals surface area (Å²) in [4.78, 5) is 12.1. The van der Waals surface area contributed by atoms with Gasteiger partial charge in [-0.05, 0) is 36.8 Å². The molecule has 2 rings (SSSR count). The maximum atomic E-state index is 12.1. The van der Waals surface area contributed by atoms with Gasteiger partial charge in [0.2, 0.25) is 0 Å². The number of nitrogens with zero attached hydrogens (tertiary/aromatic N) is 1. The molecule has 0 saturated carbocycles. The zero-order chi connectivity index (χ0) is 16.8. The molecule has 0 atom stereocenters. The minimum atomic E-state index is -0.586. The number of nitrogen functional groups attached to an aromatic ring is 1. The monoisotopic (exact) mass is 308 g/mol. The summed E-state index contributed by atoms with van der Waals surface area (Å²) in [6.07, 6.45) is 1.29. The third kappa shape index (κ3) is 4.25. The maximum Gasteiger partial charge on any atom is 0.267 e. The number of anilines is 3. The van der Waals surface area contributed by atoms with Crippen LogP contribution in [0.4, 0.5) is 17.1 Å². The second-order valence-electron chi connectivity index (χ2n) is 4.91. The zero-order valence-electron chi connectivity index (χ0n) is 12.5. The fraction of sp³-hybridized carbons (Fsp3) is 0.0588. The molecule has 0 spiro atoms. The predicted molar refractivity (Wildman–Crippen MR) is 89.6 cm³/mol. The van der Waals surface area contributed by atoms with Gasteiger partial charge in [0.1, 0.15) is 17.4 Å². The standard InChI is InChI=1S/C17H16N4O2/c1-11-5-6-15(19)16(7-11)20-10-12(9-18)17(23)21-13-3-2-4-14(22)8-13/h2-8,10,20,22H,19H2,1H3,(H,21,23)/b12-10-. The molecular formula is C17H16N4O2. The van der Waals surface area contributed by atoms with Crippen molar-refractivity contribution in [1.82, 2.24) is 0 Å². The molecule has 0 heterocycles. The molecule has 0 bridgehead atoms. The average molecular weight is 308 g/mol. The first-order valence-electron chi connectivity index (χ1n) is 6.83. The summed E-state index contributed by atoms with van der Waals surface area (Å²) >= 11 is 0. The van der Waals surface area contributed by atoms with Gasteiger partial charge >= 0.3 is 0 Å². The van der Waals surface area contributed by atoms with E-state index in [4.69, 9.17) is 11.0 Å². The van der Waals surface area contributed by atoms with Crippen LogP contribution in [0.1, 0.15) is 5.56 Å². The molecule has 0 fully saturated rings. The molecule has 0 aliphatic rings. The van der Waals surface area contributed by atoms with Crippen LogP contribution in [-0.4, -0.2) is 11.0 Å². The highest BCUT2D eigenvalue weighted by Crippen LogP contribution is 2.20. The number of nitrogens with one attached hydrogen (secondary N) is 2. The topological polar surface area (TPSA) is 111 Å². The van der Waals surface area contributed by atoms with Gasteiger partial charge in [0.25, 0.3) is 5.91 Å². The molecule has 2 aromatic rings. The Morgan fingerprint density at radius 1 is 1.30 bits per heavy atom. The molecule has 0 unspecified atom stereocenters. The van der Waals surface area contributed by atoms with E-state index in [9.17, 15) is 9.90 Å². The van der Waals surface area contributed by atoms with Gasteiger partial charge in [0.15, 0.2) is 0 Å². The van der Waals surface area contributed by atoms with Gasteiger partial charge < -0.3 is 21.5 Å². The minimum Gasteiger partial charge on any atom is -0.508 e. The second kappa shape index (κ2) is 7.00. The summed E-state index contributed by atoms with van der Waals surface area (Å²) in [6, 6.07) is 13.3. The van der Waals surface area contributed by atoms with Crippen LogP contribution in [0, 0.1) is 18.3 Å². The van der Waals surface area contributed by atoms with E-state index in [1.54, 1.807) is 18.2 Å². The molecule has 1 amide bonds. The van der Waals surface area contributed by atoms with Crippen LogP contribution in [0.2, 0.25) is 0 Å². The molecule has 2 aromatic carbocycles. The number of rotatable bonds is 4. The molecule has 0 aliphatic carbocycles. The Morgan fingerprint density at radius 2 is 2.09 bits per heavy atom. The number of hydrogen-bond donors (Lipinski definition) is 4. The first-order chi connectivity index (χ1) is 11.0. The summed E-state index contributed by atoms with van der Waals surface area (Å²) in [7, 11) is 0. The number of phenols is 1. The van der Waals surface area contributed by atoms with Gasteiger partial charge in [-0.15, -0.1) is 0 Å². The maximum absolute atomic E-state index is 12.1. The lowest BCUT2D eigenvalue weighted by Crippen LogP contribution is -2.14. The van der Waals surface area contributed by atoms with Crippen molar-refractivity contribution in [3.8, 4) is 11.8 Å². The van der Waals surface area contributed by atoms with Crippen molar-refractivity contribution < 1.29 is 9.90 Å². The number of nitriles is 1. The van der Waals surface area contributed by atoms with Crippen molar-refractivity contribution in [2.45, 2.75) is 6.92 Å². The van der Waals surface area contributed by atoms with E-state index in [0.717, 1.165) is 5.56 Å². The van der Waals surface area contributed by atoms with Crippen LogP contribution in [0.3, 0.4) is 0 Å². The number of carbonyl (C=O) groups is 1. The van der Waals surface area contributed by atoms with Gasteiger partial charge in [0.05, 0.1) is 11.4 Å². The number of amides is 1. The number of phenolic OH excluding ortho intramolecular Hbond substituents is 1. The molecule has 0 aliphatic heterocycles. The third-order valence-electron chi connectivity index (χ3n) is 3.05. The first kappa shape index (κ1) is 15.9. The lowest BCUT2D eigenvalue weighted by atomic mass is 10.2. The van der Waals surface area contributed by atoms with E-state index in [1.165, 1.54) is 18.3 Å². The Kier molecular flexibility index (Phi) is 4.85. The summed E-state index contributed by atoms with van der Waals surface area (Å²) in [5.74, 6) is -0.562. The van der Waals surface area contributed by atoms with Crippen molar-refractivity contribution in [1.29, 1.82) is 5.26 Å². The van der Waals surface area contributed by atoms with Crippen LogP contribution >= 0.6 is 0 Å². The molecule has 0 aromatic heterocycles. The highest BCUT2D eigenvalue weighted by molar-refractivity contribution is 6.06. The number of benzene rings is 2. The average Bonchev–Trinajstić information content (AvgIpc) is 2.51. The van der Waals surface area contributed by atoms with Crippen LogP contribution in [0.25, 0.3) is 0 Å². The Morgan fingerprint density at radius 3 is 2.78 bits per heavy atom. The zero-order valence-corrected chi connectivity index (χ0v) is 12.5. The summed E-state index contributed by atoms with van der Waals surface area (Å²) in [5.41, 5.74) is 8.23. The fourth-order valence-corrected chi connectivity index (χ4v) is 1.88. The minimum absolute atomic E-state index is 0.0240. The number of aryl methyl sites for hydroxylation is 1. The summed E-state index contributed by atoms with van der Waals surface area (Å²) < 4.78 is 0. The normalized spacial score (nSPS) is 10.7. The lowest BCUT2D eigenvalue weighted by Gasteiger charge is -2.08. The Hall–Kier alpha value is -3.46. The first-order valence-corrected chi connectivity index (χ1v) is 6.83. The van der Waals surface area contributed by atoms with E-state index in [2.05, 4.69) is 10.6 Å². The van der Waals surface area contributed by atoms with Crippen molar-refractivity contribution in [3.05, 3.63) is 59.8 Å². The number of carbonyl (C=O) groups excluding carboxylic acids is 1. The van der Waals surface area contributed by atoms with E-state index in [0.29, 0.717) is 17.1 Å². The van der Waals surface area contributed by atoms with Gasteiger partial charge in [-0.3, -0.25) is 4.79 Å². The highest BCUT2D eigenvalue weighted by Gasteiger charge is 2.10. The van der Waals surface area contributed by atoms with E-state index in [-0.39, 0.29) is 11.3 Å². The second-order valence-corrected chi connectivity index (χ2v) is 4.91. The van der Waals surface area contributed by atoms with Gasteiger partial charge in [-0.1, -0.05) is 12.1 Å². The Labute approximate surface area is 133 Å². The molecule has 6 nitrogen and oxygen atoms in total. The number of aromatic hydroxyl groups is 1. The smallest absolute Gasteiger partial charge is 0.267 e. The van der Waals surface area contributed by atoms with E-state index < -0.39 is 5.91 Å². The van der Waals surface area contributed by atoms with E-state index >= 15 is 0 Å². The Balaban J connectivity index is 2.14. The SMILES string of the molecule is Cc1ccc(N)c(N/C=C(/C#N)C(=O)Nc2cccc(O)c2)c1. The van der Waals surface area contributed by atoms with Crippen LogP contribution in [-0.2, 0) is 4.79 Å². The van der Waals surface area contributed by atoms with E-state index in [1.807, 2.05) is 25.1 Å². The predicted octanol–water partition coefficient (Wildman–Crippen LogP) is 2.74. The lowest BCUT2D eigenvalue weighted by molar-refractivity contribution is -0.112. The van der Waals surface area contributed by atoms with Crippen LogP contribution in [0.15, 0.2) is 54.2 Å².